The predicted molar refractivity (Wildman–Crippen MR) is 104 cm³/mol. The van der Waals surface area contributed by atoms with Gasteiger partial charge < -0.3 is 15.3 Å². The highest BCUT2D eigenvalue weighted by Gasteiger charge is 2.40. The van der Waals surface area contributed by atoms with Crippen molar-refractivity contribution in [2.24, 2.45) is 11.8 Å². The molecule has 2 N–H and O–H groups in total. The van der Waals surface area contributed by atoms with E-state index < -0.39 is 11.9 Å². The molecule has 1 aliphatic heterocycles. The molecule has 0 radical (unpaired) electrons. The summed E-state index contributed by atoms with van der Waals surface area (Å²) in [4.78, 5) is 38.3. The molecule has 2 aromatic rings. The Morgan fingerprint density at radius 3 is 2.39 bits per heavy atom. The summed E-state index contributed by atoms with van der Waals surface area (Å²) in [5, 5.41) is 12.5. The van der Waals surface area contributed by atoms with E-state index in [2.05, 4.69) is 5.32 Å². The molecular formula is C22H22N2O4. The Kier molecular flexibility index (Phi) is 4.86. The minimum atomic E-state index is -0.894. The molecule has 2 aliphatic rings. The number of nitrogens with zero attached hydrogens (tertiary/aromatic N) is 1. The number of amides is 2. The van der Waals surface area contributed by atoms with Crippen LogP contribution in [0.2, 0.25) is 0 Å². The average molecular weight is 378 g/mol. The van der Waals surface area contributed by atoms with Gasteiger partial charge in [-0.2, -0.15) is 0 Å². The van der Waals surface area contributed by atoms with Gasteiger partial charge in [0.1, 0.15) is 0 Å². The molecule has 2 atom stereocenters. The van der Waals surface area contributed by atoms with E-state index in [1.165, 1.54) is 0 Å². The van der Waals surface area contributed by atoms with E-state index in [1.54, 1.807) is 29.2 Å². The number of likely N-dealkylation sites (tertiary alicyclic amines) is 1. The van der Waals surface area contributed by atoms with E-state index in [0.29, 0.717) is 17.8 Å². The molecule has 1 saturated heterocycles. The maximum atomic E-state index is 13.0. The summed E-state index contributed by atoms with van der Waals surface area (Å²) in [5.41, 5.74) is 1.97. The first-order valence-electron chi connectivity index (χ1n) is 9.51. The van der Waals surface area contributed by atoms with Gasteiger partial charge in [0.2, 0.25) is 5.91 Å². The molecule has 28 heavy (non-hydrogen) atoms. The monoisotopic (exact) mass is 378 g/mol. The summed E-state index contributed by atoms with van der Waals surface area (Å²) in [5.74, 6) is -1.91. The van der Waals surface area contributed by atoms with Crippen LogP contribution >= 0.6 is 0 Å². The van der Waals surface area contributed by atoms with Gasteiger partial charge >= 0.3 is 5.97 Å². The van der Waals surface area contributed by atoms with Crippen molar-refractivity contribution in [3.8, 4) is 0 Å². The first kappa shape index (κ1) is 18.2. The largest absolute Gasteiger partial charge is 0.481 e. The van der Waals surface area contributed by atoms with E-state index in [4.69, 9.17) is 0 Å². The van der Waals surface area contributed by atoms with Crippen LogP contribution in [0.4, 0.5) is 5.69 Å². The Morgan fingerprint density at radius 1 is 0.964 bits per heavy atom. The molecule has 6 heteroatoms. The Hall–Kier alpha value is -3.15. The number of benzene rings is 2. The van der Waals surface area contributed by atoms with Gasteiger partial charge in [-0.15, -0.1) is 0 Å². The maximum absolute atomic E-state index is 13.0. The van der Waals surface area contributed by atoms with Gasteiger partial charge in [-0.1, -0.05) is 36.4 Å². The summed E-state index contributed by atoms with van der Waals surface area (Å²) in [7, 11) is 0. The second-order valence-electron chi connectivity index (χ2n) is 7.52. The number of carboxylic acids is 1. The molecule has 4 rings (SSSR count). The lowest BCUT2D eigenvalue weighted by Crippen LogP contribution is -2.30. The minimum Gasteiger partial charge on any atom is -0.481 e. The van der Waals surface area contributed by atoms with Crippen molar-refractivity contribution < 1.29 is 19.5 Å². The lowest BCUT2D eigenvalue weighted by Gasteiger charge is -2.17. The Balaban J connectivity index is 1.51. The number of rotatable bonds is 5. The number of aliphatic carboxylic acids is 1. The minimum absolute atomic E-state index is 0.0131. The van der Waals surface area contributed by atoms with Crippen molar-refractivity contribution in [3.63, 3.8) is 0 Å². The van der Waals surface area contributed by atoms with Gasteiger partial charge in [0.15, 0.2) is 0 Å². The molecule has 1 saturated carbocycles. The number of carbonyl (C=O) groups excluding carboxylic acids is 2. The first-order chi connectivity index (χ1) is 13.5. The van der Waals surface area contributed by atoms with Crippen molar-refractivity contribution in [3.05, 3.63) is 65.7 Å². The van der Waals surface area contributed by atoms with Gasteiger partial charge in [0, 0.05) is 36.2 Å². The van der Waals surface area contributed by atoms with Crippen LogP contribution in [-0.4, -0.2) is 40.9 Å². The number of hydrogen-bond acceptors (Lipinski definition) is 3. The zero-order chi connectivity index (χ0) is 19.7. The third-order valence-corrected chi connectivity index (χ3v) is 5.48. The van der Waals surface area contributed by atoms with E-state index in [-0.39, 0.29) is 30.2 Å². The average Bonchev–Trinajstić information content (AvgIpc) is 3.46. The molecular weight excluding hydrogens is 356 g/mol. The summed E-state index contributed by atoms with van der Waals surface area (Å²) >= 11 is 0. The van der Waals surface area contributed by atoms with Crippen LogP contribution in [0, 0.1) is 11.8 Å². The highest BCUT2D eigenvalue weighted by Crippen LogP contribution is 2.34. The summed E-state index contributed by atoms with van der Waals surface area (Å²) in [6.07, 6.45) is 1.82. The lowest BCUT2D eigenvalue weighted by atomic mass is 9.89. The van der Waals surface area contributed by atoms with Crippen LogP contribution in [0.15, 0.2) is 54.6 Å². The SMILES string of the molecule is O=C(Nc1cccc(C(=O)N2CC(C(=O)O)C(c3ccccc3)C2)c1)C1CC1. The van der Waals surface area contributed by atoms with E-state index in [0.717, 1.165) is 18.4 Å². The maximum Gasteiger partial charge on any atom is 0.308 e. The number of carbonyl (C=O) groups is 3. The predicted octanol–water partition coefficient (Wildman–Crippen LogP) is 2.98. The van der Waals surface area contributed by atoms with Crippen molar-refractivity contribution in [2.75, 3.05) is 18.4 Å². The highest BCUT2D eigenvalue weighted by molar-refractivity contribution is 5.98. The first-order valence-corrected chi connectivity index (χ1v) is 9.51. The second kappa shape index (κ2) is 7.46. The molecule has 2 aromatic carbocycles. The molecule has 2 amide bonds. The standard InChI is InChI=1S/C22H22N2O4/c25-20(15-9-10-15)23-17-8-4-7-16(11-17)21(26)24-12-18(19(13-24)22(27)28)14-5-2-1-3-6-14/h1-8,11,15,18-19H,9-10,12-13H2,(H,23,25)(H,27,28). The van der Waals surface area contributed by atoms with Gasteiger partial charge in [-0.05, 0) is 36.6 Å². The molecule has 2 fully saturated rings. The van der Waals surface area contributed by atoms with Gasteiger partial charge in [-0.25, -0.2) is 0 Å². The van der Waals surface area contributed by atoms with Gasteiger partial charge in [0.05, 0.1) is 5.92 Å². The zero-order valence-electron chi connectivity index (χ0n) is 15.4. The number of nitrogens with one attached hydrogen (secondary N) is 1. The molecule has 6 nitrogen and oxygen atoms in total. The molecule has 1 aliphatic carbocycles. The quantitative estimate of drug-likeness (QED) is 0.837. The third kappa shape index (κ3) is 3.76. The fourth-order valence-electron chi connectivity index (χ4n) is 3.76. The third-order valence-electron chi connectivity index (χ3n) is 5.48. The van der Waals surface area contributed by atoms with Crippen molar-refractivity contribution >= 4 is 23.5 Å². The Labute approximate surface area is 163 Å². The van der Waals surface area contributed by atoms with Crippen LogP contribution in [-0.2, 0) is 9.59 Å². The van der Waals surface area contributed by atoms with E-state index in [9.17, 15) is 19.5 Å². The summed E-state index contributed by atoms with van der Waals surface area (Å²) in [6.45, 7) is 0.533. The topological polar surface area (TPSA) is 86.7 Å². The molecule has 0 spiro atoms. The normalized spacial score (nSPS) is 21.4. The number of hydrogen-bond donors (Lipinski definition) is 2. The highest BCUT2D eigenvalue weighted by atomic mass is 16.4. The number of anilines is 1. The van der Waals surface area contributed by atoms with Gasteiger partial charge in [-0.3, -0.25) is 14.4 Å². The zero-order valence-corrected chi connectivity index (χ0v) is 15.4. The van der Waals surface area contributed by atoms with Crippen LogP contribution in [0.5, 0.6) is 0 Å². The molecule has 0 bridgehead atoms. The fourth-order valence-corrected chi connectivity index (χ4v) is 3.76. The molecule has 0 aromatic heterocycles. The van der Waals surface area contributed by atoms with Crippen LogP contribution in [0.1, 0.15) is 34.7 Å². The number of carboxylic acid groups (broad SMARTS) is 1. The van der Waals surface area contributed by atoms with Crippen LogP contribution in [0.25, 0.3) is 0 Å². The molecule has 144 valence electrons. The van der Waals surface area contributed by atoms with Crippen molar-refractivity contribution in [1.82, 2.24) is 4.90 Å². The molecule has 1 heterocycles. The lowest BCUT2D eigenvalue weighted by molar-refractivity contribution is -0.141. The Morgan fingerprint density at radius 2 is 1.71 bits per heavy atom. The molecule has 2 unspecified atom stereocenters. The summed E-state index contributed by atoms with van der Waals surface area (Å²) in [6, 6.07) is 16.3. The van der Waals surface area contributed by atoms with Crippen molar-refractivity contribution in [2.45, 2.75) is 18.8 Å². The smallest absolute Gasteiger partial charge is 0.308 e. The van der Waals surface area contributed by atoms with Crippen LogP contribution < -0.4 is 5.32 Å². The Bertz CT molecular complexity index is 908. The van der Waals surface area contributed by atoms with E-state index >= 15 is 0 Å². The van der Waals surface area contributed by atoms with Gasteiger partial charge in [0.25, 0.3) is 5.91 Å². The van der Waals surface area contributed by atoms with E-state index in [1.807, 2.05) is 30.3 Å². The second-order valence-corrected chi connectivity index (χ2v) is 7.52. The van der Waals surface area contributed by atoms with Crippen LogP contribution in [0.3, 0.4) is 0 Å². The summed E-state index contributed by atoms with van der Waals surface area (Å²) < 4.78 is 0. The fraction of sp³-hybridized carbons (Fsp3) is 0.318. The van der Waals surface area contributed by atoms with Crippen molar-refractivity contribution in [1.29, 1.82) is 0 Å².